The van der Waals surface area contributed by atoms with Crippen LogP contribution in [0.1, 0.15) is 6.42 Å². The summed E-state index contributed by atoms with van der Waals surface area (Å²) in [5, 5.41) is 2.98. The van der Waals surface area contributed by atoms with E-state index in [4.69, 9.17) is 5.73 Å². The highest BCUT2D eigenvalue weighted by molar-refractivity contribution is 14.1. The molecule has 0 bridgehead atoms. The van der Waals surface area contributed by atoms with Crippen molar-refractivity contribution < 1.29 is 4.79 Å². The predicted octanol–water partition coefficient (Wildman–Crippen LogP) is 0.368. The molecule has 1 amide bonds. The molecule has 0 aromatic carbocycles. The van der Waals surface area contributed by atoms with Crippen LogP contribution in [0, 0.1) is 3.57 Å². The summed E-state index contributed by atoms with van der Waals surface area (Å²) in [6.07, 6.45) is 3.45. The van der Waals surface area contributed by atoms with Gasteiger partial charge in [0.1, 0.15) is 12.1 Å². The normalized spacial score (nSPS) is 9.62. The fraction of sp³-hybridized carbons (Fsp3) is 0.286. The lowest BCUT2D eigenvalue weighted by atomic mass is 10.4. The molecule has 1 aromatic heterocycles. The van der Waals surface area contributed by atoms with Gasteiger partial charge < -0.3 is 11.1 Å². The van der Waals surface area contributed by atoms with Gasteiger partial charge in [-0.15, -0.1) is 0 Å². The third-order valence-electron chi connectivity index (χ3n) is 1.33. The van der Waals surface area contributed by atoms with E-state index in [1.807, 2.05) is 0 Å². The third kappa shape index (κ3) is 3.53. The molecule has 0 saturated heterocycles. The van der Waals surface area contributed by atoms with Gasteiger partial charge in [-0.2, -0.15) is 0 Å². The number of hydrogen-bond donors (Lipinski definition) is 2. The Labute approximate surface area is 89.3 Å². The maximum atomic E-state index is 10.4. The summed E-state index contributed by atoms with van der Waals surface area (Å²) in [4.78, 5) is 18.3. The topological polar surface area (TPSA) is 80.9 Å². The van der Waals surface area contributed by atoms with Crippen LogP contribution in [-0.2, 0) is 4.79 Å². The zero-order chi connectivity index (χ0) is 9.68. The highest BCUT2D eigenvalue weighted by Crippen LogP contribution is 2.11. The number of rotatable bonds is 4. The van der Waals surface area contributed by atoms with Crippen LogP contribution in [0.25, 0.3) is 0 Å². The lowest BCUT2D eigenvalue weighted by molar-refractivity contribution is -0.117. The maximum absolute atomic E-state index is 10.4. The smallest absolute Gasteiger partial charge is 0.219 e. The minimum absolute atomic E-state index is 0.306. The molecule has 6 heteroatoms. The largest absolute Gasteiger partial charge is 0.370 e. The molecule has 0 fully saturated rings. The Morgan fingerprint density at radius 2 is 2.46 bits per heavy atom. The van der Waals surface area contributed by atoms with Crippen molar-refractivity contribution in [3.05, 3.63) is 16.1 Å². The van der Waals surface area contributed by atoms with Gasteiger partial charge in [0.05, 0.1) is 3.57 Å². The molecular weight excluding hydrogens is 283 g/mol. The summed E-state index contributed by atoms with van der Waals surface area (Å²) in [5.41, 5.74) is 4.98. The molecule has 1 aromatic rings. The first-order valence-electron chi connectivity index (χ1n) is 3.68. The van der Waals surface area contributed by atoms with Gasteiger partial charge in [0.2, 0.25) is 5.91 Å². The Morgan fingerprint density at radius 3 is 3.08 bits per heavy atom. The summed E-state index contributed by atoms with van der Waals surface area (Å²) < 4.78 is 0.921. The van der Waals surface area contributed by atoms with Crippen molar-refractivity contribution in [3.8, 4) is 0 Å². The fourth-order valence-electron chi connectivity index (χ4n) is 0.747. The second-order valence-corrected chi connectivity index (χ2v) is 3.52. The minimum atomic E-state index is -0.323. The van der Waals surface area contributed by atoms with Crippen LogP contribution in [0.2, 0.25) is 0 Å². The molecule has 0 aliphatic carbocycles. The van der Waals surface area contributed by atoms with Crippen LogP contribution >= 0.6 is 22.6 Å². The number of aromatic nitrogens is 2. The average Bonchev–Trinajstić information content (AvgIpc) is 2.08. The Bertz CT molecular complexity index is 304. The summed E-state index contributed by atoms with van der Waals surface area (Å²) in [7, 11) is 0. The van der Waals surface area contributed by atoms with Gasteiger partial charge in [-0.3, -0.25) is 4.79 Å². The SMILES string of the molecule is NC(=O)CCNc1ncncc1I. The van der Waals surface area contributed by atoms with Crippen molar-refractivity contribution in [2.75, 3.05) is 11.9 Å². The number of carbonyl (C=O) groups is 1. The quantitative estimate of drug-likeness (QED) is 0.786. The van der Waals surface area contributed by atoms with E-state index in [0.29, 0.717) is 13.0 Å². The van der Waals surface area contributed by atoms with Crippen LogP contribution < -0.4 is 11.1 Å². The Kier molecular flexibility index (Phi) is 3.87. The molecule has 5 nitrogen and oxygen atoms in total. The molecule has 70 valence electrons. The maximum Gasteiger partial charge on any atom is 0.219 e. The molecule has 3 N–H and O–H groups in total. The van der Waals surface area contributed by atoms with Crippen molar-refractivity contribution in [2.45, 2.75) is 6.42 Å². The first-order chi connectivity index (χ1) is 6.20. The number of nitrogens with zero attached hydrogens (tertiary/aromatic N) is 2. The third-order valence-corrected chi connectivity index (χ3v) is 2.12. The molecule has 0 aliphatic rings. The lowest BCUT2D eigenvalue weighted by Gasteiger charge is -2.04. The Morgan fingerprint density at radius 1 is 1.69 bits per heavy atom. The van der Waals surface area contributed by atoms with Gasteiger partial charge in [-0.1, -0.05) is 0 Å². The van der Waals surface area contributed by atoms with E-state index in [1.165, 1.54) is 6.33 Å². The zero-order valence-electron chi connectivity index (χ0n) is 6.83. The number of anilines is 1. The van der Waals surface area contributed by atoms with E-state index in [0.717, 1.165) is 9.39 Å². The second-order valence-electron chi connectivity index (χ2n) is 2.36. The van der Waals surface area contributed by atoms with Crippen LogP contribution in [0.5, 0.6) is 0 Å². The monoisotopic (exact) mass is 292 g/mol. The van der Waals surface area contributed by atoms with Crippen molar-refractivity contribution in [1.29, 1.82) is 0 Å². The highest BCUT2D eigenvalue weighted by Gasteiger charge is 1.99. The van der Waals surface area contributed by atoms with E-state index >= 15 is 0 Å². The van der Waals surface area contributed by atoms with Crippen LogP contribution in [0.4, 0.5) is 5.82 Å². The number of amides is 1. The summed E-state index contributed by atoms with van der Waals surface area (Å²) in [6, 6.07) is 0. The van der Waals surface area contributed by atoms with Gasteiger partial charge in [-0.25, -0.2) is 9.97 Å². The van der Waals surface area contributed by atoms with Gasteiger partial charge in [0.15, 0.2) is 0 Å². The number of nitrogens with one attached hydrogen (secondary N) is 1. The van der Waals surface area contributed by atoms with Gasteiger partial charge in [0.25, 0.3) is 0 Å². The van der Waals surface area contributed by atoms with Crippen molar-refractivity contribution >= 4 is 34.3 Å². The number of nitrogens with two attached hydrogens (primary N) is 1. The van der Waals surface area contributed by atoms with E-state index in [1.54, 1.807) is 6.20 Å². The number of primary amides is 1. The van der Waals surface area contributed by atoms with Crippen molar-refractivity contribution in [2.24, 2.45) is 5.73 Å². The van der Waals surface area contributed by atoms with Crippen LogP contribution in [0.15, 0.2) is 12.5 Å². The predicted molar refractivity (Wildman–Crippen MR) is 57.1 cm³/mol. The summed E-state index contributed by atoms with van der Waals surface area (Å²) in [6.45, 7) is 0.502. The molecular formula is C7H9IN4O. The first kappa shape index (κ1) is 10.2. The number of carbonyl (C=O) groups excluding carboxylic acids is 1. The molecule has 1 heterocycles. The number of hydrogen-bond acceptors (Lipinski definition) is 4. The van der Waals surface area contributed by atoms with Gasteiger partial charge >= 0.3 is 0 Å². The molecule has 0 atom stereocenters. The molecule has 0 radical (unpaired) electrons. The van der Waals surface area contributed by atoms with Crippen molar-refractivity contribution in [3.63, 3.8) is 0 Å². The number of halogens is 1. The van der Waals surface area contributed by atoms with E-state index in [2.05, 4.69) is 37.9 Å². The lowest BCUT2D eigenvalue weighted by Crippen LogP contribution is -2.16. The molecule has 13 heavy (non-hydrogen) atoms. The Hall–Kier alpha value is -0.920. The standard InChI is InChI=1S/C7H9IN4O/c8-5-3-10-4-12-7(5)11-2-1-6(9)13/h3-4H,1-2H2,(H2,9,13)(H,10,11,12). The summed E-state index contributed by atoms with van der Waals surface area (Å²) in [5.74, 6) is 0.411. The van der Waals surface area contributed by atoms with E-state index in [9.17, 15) is 4.79 Å². The molecule has 1 rings (SSSR count). The molecule has 0 aliphatic heterocycles. The minimum Gasteiger partial charge on any atom is -0.370 e. The molecule has 0 saturated carbocycles. The summed E-state index contributed by atoms with van der Waals surface area (Å²) >= 11 is 2.11. The van der Waals surface area contributed by atoms with E-state index in [-0.39, 0.29) is 5.91 Å². The fourth-order valence-corrected chi connectivity index (χ4v) is 1.24. The first-order valence-corrected chi connectivity index (χ1v) is 4.75. The second kappa shape index (κ2) is 4.95. The molecule has 0 spiro atoms. The van der Waals surface area contributed by atoms with Crippen molar-refractivity contribution in [1.82, 2.24) is 9.97 Å². The van der Waals surface area contributed by atoms with E-state index < -0.39 is 0 Å². The Balaban J connectivity index is 2.45. The van der Waals surface area contributed by atoms with Gasteiger partial charge in [-0.05, 0) is 22.6 Å². The van der Waals surface area contributed by atoms with Crippen LogP contribution in [0.3, 0.4) is 0 Å². The highest BCUT2D eigenvalue weighted by atomic mass is 127. The molecule has 0 unspecified atom stereocenters. The van der Waals surface area contributed by atoms with Gasteiger partial charge in [0, 0.05) is 19.2 Å². The zero-order valence-corrected chi connectivity index (χ0v) is 8.98. The van der Waals surface area contributed by atoms with Crippen LogP contribution in [-0.4, -0.2) is 22.4 Å². The average molecular weight is 292 g/mol.